The summed E-state index contributed by atoms with van der Waals surface area (Å²) >= 11 is 0. The Balaban J connectivity index is 2.47. The lowest BCUT2D eigenvalue weighted by molar-refractivity contribution is 0.514. The normalized spacial score (nSPS) is 10.8. The van der Waals surface area contributed by atoms with Crippen LogP contribution in [0.25, 0.3) is 16.7 Å². The summed E-state index contributed by atoms with van der Waals surface area (Å²) in [6, 6.07) is 9.50. The predicted molar refractivity (Wildman–Crippen MR) is 74.9 cm³/mol. The fourth-order valence-electron chi connectivity index (χ4n) is 2.35. The Morgan fingerprint density at radius 1 is 1.24 bits per heavy atom. The molecular formula is C15H10F2N4. The van der Waals surface area contributed by atoms with Crippen LogP contribution in [-0.4, -0.2) is 9.55 Å². The van der Waals surface area contributed by atoms with E-state index in [2.05, 4.69) is 11.1 Å². The van der Waals surface area contributed by atoms with Crippen molar-refractivity contribution in [3.8, 4) is 11.8 Å². The monoisotopic (exact) mass is 284 g/mol. The van der Waals surface area contributed by atoms with Crippen LogP contribution < -0.4 is 5.73 Å². The Hall–Kier alpha value is -2.94. The topological polar surface area (TPSA) is 67.6 Å². The first-order valence-electron chi connectivity index (χ1n) is 6.16. The van der Waals surface area contributed by atoms with Crippen LogP contribution in [0.5, 0.6) is 0 Å². The number of benzene rings is 2. The molecule has 0 aliphatic rings. The van der Waals surface area contributed by atoms with Crippen molar-refractivity contribution in [1.29, 1.82) is 5.26 Å². The highest BCUT2D eigenvalue weighted by Crippen LogP contribution is 2.29. The first-order valence-corrected chi connectivity index (χ1v) is 6.16. The highest BCUT2D eigenvalue weighted by molar-refractivity contribution is 5.82. The number of aromatic nitrogens is 2. The van der Waals surface area contributed by atoms with Crippen LogP contribution in [0.1, 0.15) is 11.1 Å². The third kappa shape index (κ3) is 1.82. The molecule has 0 saturated carbocycles. The minimum absolute atomic E-state index is 0.00315. The van der Waals surface area contributed by atoms with E-state index < -0.39 is 11.6 Å². The van der Waals surface area contributed by atoms with Gasteiger partial charge in [0.25, 0.3) is 0 Å². The average molecular weight is 284 g/mol. The van der Waals surface area contributed by atoms with Crippen LogP contribution in [0.2, 0.25) is 0 Å². The van der Waals surface area contributed by atoms with Crippen LogP contribution in [-0.2, 0) is 0 Å². The van der Waals surface area contributed by atoms with Gasteiger partial charge in [0.2, 0.25) is 5.95 Å². The molecule has 6 heteroatoms. The Kier molecular flexibility index (Phi) is 2.84. The number of fused-ring (bicyclic) bond motifs is 1. The molecule has 4 nitrogen and oxygen atoms in total. The standard InChI is InChI=1S/C15H10F2N4/c1-8-3-2-4-12(9(8)7-18)21-14-11(20-15(21)19)6-5-10(16)13(14)17/h2-6H,1H3,(H2,19,20). The molecule has 3 aromatic rings. The highest BCUT2D eigenvalue weighted by Gasteiger charge is 2.19. The summed E-state index contributed by atoms with van der Waals surface area (Å²) in [5.41, 5.74) is 7.42. The molecule has 0 saturated heterocycles. The van der Waals surface area contributed by atoms with E-state index in [9.17, 15) is 14.0 Å². The van der Waals surface area contributed by atoms with Gasteiger partial charge in [0.05, 0.1) is 16.8 Å². The van der Waals surface area contributed by atoms with E-state index in [0.717, 1.165) is 6.07 Å². The third-order valence-corrected chi connectivity index (χ3v) is 3.34. The van der Waals surface area contributed by atoms with Crippen molar-refractivity contribution < 1.29 is 8.78 Å². The molecular weight excluding hydrogens is 274 g/mol. The summed E-state index contributed by atoms with van der Waals surface area (Å²) in [4.78, 5) is 4.02. The number of aryl methyl sites for hydroxylation is 1. The van der Waals surface area contributed by atoms with Crippen LogP contribution in [0.3, 0.4) is 0 Å². The number of nitrogens with two attached hydrogens (primary N) is 1. The van der Waals surface area contributed by atoms with Crippen LogP contribution >= 0.6 is 0 Å². The van der Waals surface area contributed by atoms with Gasteiger partial charge in [-0.05, 0) is 30.7 Å². The molecule has 1 heterocycles. The number of imidazole rings is 1. The third-order valence-electron chi connectivity index (χ3n) is 3.34. The van der Waals surface area contributed by atoms with Crippen molar-refractivity contribution in [3.05, 3.63) is 53.1 Å². The molecule has 0 aliphatic heterocycles. The van der Waals surface area contributed by atoms with Crippen molar-refractivity contribution in [2.75, 3.05) is 5.73 Å². The molecule has 21 heavy (non-hydrogen) atoms. The zero-order valence-corrected chi connectivity index (χ0v) is 11.1. The highest BCUT2D eigenvalue weighted by atomic mass is 19.2. The van der Waals surface area contributed by atoms with E-state index in [0.29, 0.717) is 16.8 Å². The van der Waals surface area contributed by atoms with Crippen molar-refractivity contribution in [2.24, 2.45) is 0 Å². The number of nitrogen functional groups attached to an aromatic ring is 1. The number of nitriles is 1. The summed E-state index contributed by atoms with van der Waals surface area (Å²) in [6.07, 6.45) is 0. The van der Waals surface area contributed by atoms with E-state index in [1.165, 1.54) is 10.6 Å². The fourth-order valence-corrected chi connectivity index (χ4v) is 2.35. The van der Waals surface area contributed by atoms with Crippen LogP contribution in [0.15, 0.2) is 30.3 Å². The molecule has 0 aliphatic carbocycles. The molecule has 0 amide bonds. The zero-order valence-electron chi connectivity index (χ0n) is 11.1. The quantitative estimate of drug-likeness (QED) is 0.746. The van der Waals surface area contributed by atoms with Gasteiger partial charge in [0, 0.05) is 0 Å². The maximum absolute atomic E-state index is 14.1. The molecule has 1 aromatic heterocycles. The second-order valence-electron chi connectivity index (χ2n) is 4.62. The van der Waals surface area contributed by atoms with Crippen molar-refractivity contribution in [2.45, 2.75) is 6.92 Å². The predicted octanol–water partition coefficient (Wildman–Crippen LogP) is 3.07. The van der Waals surface area contributed by atoms with Gasteiger partial charge in [-0.3, -0.25) is 4.57 Å². The average Bonchev–Trinajstić information content (AvgIpc) is 2.79. The minimum atomic E-state index is -1.04. The molecule has 0 spiro atoms. The molecule has 0 fully saturated rings. The van der Waals surface area contributed by atoms with E-state index >= 15 is 0 Å². The number of anilines is 1. The Bertz CT molecular complexity index is 906. The maximum Gasteiger partial charge on any atom is 0.206 e. The molecule has 0 atom stereocenters. The van der Waals surface area contributed by atoms with Gasteiger partial charge < -0.3 is 5.73 Å². The largest absolute Gasteiger partial charge is 0.369 e. The van der Waals surface area contributed by atoms with Crippen molar-refractivity contribution in [1.82, 2.24) is 9.55 Å². The first kappa shape index (κ1) is 13.1. The van der Waals surface area contributed by atoms with Crippen molar-refractivity contribution in [3.63, 3.8) is 0 Å². The number of hydrogen-bond acceptors (Lipinski definition) is 3. The lowest BCUT2D eigenvalue weighted by Crippen LogP contribution is -2.05. The molecule has 104 valence electrons. The molecule has 0 bridgehead atoms. The fraction of sp³-hybridized carbons (Fsp3) is 0.0667. The number of nitrogens with zero attached hydrogens (tertiary/aromatic N) is 3. The van der Waals surface area contributed by atoms with Gasteiger partial charge in [-0.2, -0.15) is 5.26 Å². The summed E-state index contributed by atoms with van der Waals surface area (Å²) in [5, 5.41) is 9.29. The second-order valence-corrected chi connectivity index (χ2v) is 4.62. The van der Waals surface area contributed by atoms with E-state index in [1.54, 1.807) is 25.1 Å². The minimum Gasteiger partial charge on any atom is -0.369 e. The molecule has 2 aromatic carbocycles. The molecule has 0 radical (unpaired) electrons. The zero-order chi connectivity index (χ0) is 15.1. The number of hydrogen-bond donors (Lipinski definition) is 1. The Morgan fingerprint density at radius 2 is 2.00 bits per heavy atom. The summed E-state index contributed by atoms with van der Waals surface area (Å²) in [5.74, 6) is -2.03. The number of rotatable bonds is 1. The van der Waals surface area contributed by atoms with E-state index in [1.807, 2.05) is 0 Å². The van der Waals surface area contributed by atoms with Gasteiger partial charge in [-0.25, -0.2) is 13.8 Å². The first-order chi connectivity index (χ1) is 10.0. The second kappa shape index (κ2) is 4.56. The Morgan fingerprint density at radius 3 is 2.71 bits per heavy atom. The molecule has 0 unspecified atom stereocenters. The number of halogens is 2. The van der Waals surface area contributed by atoms with Gasteiger partial charge >= 0.3 is 0 Å². The van der Waals surface area contributed by atoms with Gasteiger partial charge in [0.15, 0.2) is 11.6 Å². The maximum atomic E-state index is 14.1. The lowest BCUT2D eigenvalue weighted by atomic mass is 10.1. The van der Waals surface area contributed by atoms with Gasteiger partial charge in [0.1, 0.15) is 11.6 Å². The summed E-state index contributed by atoms with van der Waals surface area (Å²) < 4.78 is 28.9. The van der Waals surface area contributed by atoms with Crippen LogP contribution in [0.4, 0.5) is 14.7 Å². The van der Waals surface area contributed by atoms with Crippen LogP contribution in [0, 0.1) is 29.9 Å². The lowest BCUT2D eigenvalue weighted by Gasteiger charge is -2.10. The SMILES string of the molecule is Cc1cccc(-n2c(N)nc3ccc(F)c(F)c32)c1C#N. The smallest absolute Gasteiger partial charge is 0.206 e. The van der Waals surface area contributed by atoms with Crippen molar-refractivity contribution >= 4 is 17.0 Å². The Labute approximate surface area is 119 Å². The molecule has 3 rings (SSSR count). The van der Waals surface area contributed by atoms with E-state index in [4.69, 9.17) is 5.73 Å². The van der Waals surface area contributed by atoms with E-state index in [-0.39, 0.29) is 17.0 Å². The van der Waals surface area contributed by atoms with Gasteiger partial charge in [-0.15, -0.1) is 0 Å². The summed E-state index contributed by atoms with van der Waals surface area (Å²) in [6.45, 7) is 1.76. The molecule has 2 N–H and O–H groups in total. The van der Waals surface area contributed by atoms with Gasteiger partial charge in [-0.1, -0.05) is 12.1 Å². The summed E-state index contributed by atoms with van der Waals surface area (Å²) in [7, 11) is 0.